The number of hydrogen-bond acceptors (Lipinski definition) is 8. The number of allylic oxidation sites excluding steroid dienone is 3. The number of fused-ring (bicyclic) bond motifs is 8. The molecule has 10 atom stereocenters. The molecule has 10 heteroatoms. The molecule has 2 aromatic rings. The number of esters is 1. The SMILES string of the molecule is C=C(C)[C@@H]1CC[C@]2(COC(=O)c3cn(CCCOC4=C(Cl)C(=O)c5ccccc5C4=O)nn3)CC[C@]3(C)[C@H](CC[C@@H]4[C@@]5(C)CC[C@H](O)C(C)(C)[C@@H]5CC[C@]43C)[C@@H]12. The van der Waals surface area contributed by atoms with Crippen molar-refractivity contribution in [2.24, 2.45) is 56.7 Å². The van der Waals surface area contributed by atoms with Gasteiger partial charge in [0.15, 0.2) is 11.5 Å². The summed E-state index contributed by atoms with van der Waals surface area (Å²) in [5.74, 6) is 1.10. The number of ketones is 2. The molecule has 0 spiro atoms. The largest absolute Gasteiger partial charge is 0.488 e. The van der Waals surface area contributed by atoms with Gasteiger partial charge < -0.3 is 14.6 Å². The first-order chi connectivity index (χ1) is 26.5. The smallest absolute Gasteiger partial charge is 0.360 e. The van der Waals surface area contributed by atoms with E-state index >= 15 is 0 Å². The Morgan fingerprint density at radius 2 is 1.66 bits per heavy atom. The number of ether oxygens (including phenoxy) is 2. The lowest BCUT2D eigenvalue weighted by molar-refractivity contribution is -0.249. The maximum Gasteiger partial charge on any atom is 0.360 e. The summed E-state index contributed by atoms with van der Waals surface area (Å²) in [6, 6.07) is 6.57. The summed E-state index contributed by atoms with van der Waals surface area (Å²) in [6.45, 7) is 20.1. The van der Waals surface area contributed by atoms with Crippen molar-refractivity contribution in [1.82, 2.24) is 15.0 Å². The molecule has 302 valence electrons. The molecule has 9 nitrogen and oxygen atoms in total. The van der Waals surface area contributed by atoms with Crippen LogP contribution in [0.2, 0.25) is 0 Å². The molecular weight excluding hydrogens is 726 g/mol. The molecule has 5 saturated carbocycles. The maximum absolute atomic E-state index is 13.6. The molecule has 0 aliphatic heterocycles. The number of Topliss-reactive ketones (excluding diaryl/α,β-unsaturated/α-hetero) is 2. The standard InChI is InChI=1S/C46H60ClN3O6/c1-27(2)28-15-20-46(22-21-44(6)31(36(28)46)13-14-34-43(5)18-17-35(51)42(3,4)33(43)16-19-45(34,44)7)26-56-41(54)32-25-50(49-48-32)23-10-24-55-40-37(47)38(52)29-11-8-9-12-30(29)39(40)53/h8-9,11-12,25,28,31,33-36,51H,1,10,13-24,26H2,2-7H3/t28-,31+,33-,34+,35-,36+,43-,44+,45+,46+/m0/s1. The minimum atomic E-state index is -0.460. The molecule has 0 unspecified atom stereocenters. The third-order valence-electron chi connectivity index (χ3n) is 17.3. The molecule has 0 radical (unpaired) electrons. The zero-order chi connectivity index (χ0) is 40.0. The lowest BCUT2D eigenvalue weighted by Crippen LogP contribution is -2.66. The van der Waals surface area contributed by atoms with Gasteiger partial charge in [-0.1, -0.05) is 87.9 Å². The highest BCUT2D eigenvalue weighted by atomic mass is 35.5. The highest BCUT2D eigenvalue weighted by Gasteiger charge is 2.71. The van der Waals surface area contributed by atoms with Gasteiger partial charge in [0.1, 0.15) is 5.03 Å². The fourth-order valence-electron chi connectivity index (χ4n) is 14.2. The number of aliphatic hydroxyl groups is 1. The summed E-state index contributed by atoms with van der Waals surface area (Å²) in [7, 11) is 0. The monoisotopic (exact) mass is 785 g/mol. The van der Waals surface area contributed by atoms with E-state index < -0.39 is 17.5 Å². The van der Waals surface area contributed by atoms with Crippen molar-refractivity contribution in [3.05, 3.63) is 70.2 Å². The van der Waals surface area contributed by atoms with Crippen LogP contribution in [0, 0.1) is 56.7 Å². The molecule has 0 bridgehead atoms. The van der Waals surface area contributed by atoms with Gasteiger partial charge in [0.25, 0.3) is 0 Å². The summed E-state index contributed by atoms with van der Waals surface area (Å²) >= 11 is 6.24. The molecule has 6 aliphatic rings. The van der Waals surface area contributed by atoms with Gasteiger partial charge in [-0.05, 0) is 122 Å². The first kappa shape index (κ1) is 39.5. The van der Waals surface area contributed by atoms with Crippen LogP contribution in [0.3, 0.4) is 0 Å². The van der Waals surface area contributed by atoms with Crippen molar-refractivity contribution >= 4 is 29.1 Å². The highest BCUT2D eigenvalue weighted by molar-refractivity contribution is 6.49. The van der Waals surface area contributed by atoms with Gasteiger partial charge in [-0.15, -0.1) is 5.10 Å². The van der Waals surface area contributed by atoms with E-state index in [0.717, 1.165) is 38.5 Å². The van der Waals surface area contributed by atoms with E-state index in [0.29, 0.717) is 49.2 Å². The van der Waals surface area contributed by atoms with Gasteiger partial charge in [0, 0.05) is 29.5 Å². The molecule has 1 aromatic heterocycles. The molecule has 0 saturated heterocycles. The highest BCUT2D eigenvalue weighted by Crippen LogP contribution is 2.77. The molecule has 56 heavy (non-hydrogen) atoms. The fourth-order valence-corrected chi connectivity index (χ4v) is 14.4. The Hall–Kier alpha value is -3.30. The van der Waals surface area contributed by atoms with Crippen molar-refractivity contribution in [1.29, 1.82) is 0 Å². The van der Waals surface area contributed by atoms with Crippen LogP contribution < -0.4 is 0 Å². The molecule has 8 rings (SSSR count). The third-order valence-corrected chi connectivity index (χ3v) is 17.6. The first-order valence-corrected chi connectivity index (χ1v) is 21.5. The van der Waals surface area contributed by atoms with Gasteiger partial charge >= 0.3 is 5.97 Å². The minimum absolute atomic E-state index is 0.0618. The van der Waals surface area contributed by atoms with Gasteiger partial charge in [0.05, 0.1) is 25.5 Å². The Bertz CT molecular complexity index is 1990. The zero-order valence-electron chi connectivity index (χ0n) is 34.2. The Kier molecular flexibility index (Phi) is 9.83. The van der Waals surface area contributed by atoms with Crippen LogP contribution in [0.25, 0.3) is 0 Å². The Morgan fingerprint density at radius 3 is 2.39 bits per heavy atom. The maximum atomic E-state index is 13.6. The number of aryl methyl sites for hydroxylation is 1. The molecule has 1 heterocycles. The van der Waals surface area contributed by atoms with E-state index in [1.165, 1.54) is 31.3 Å². The van der Waals surface area contributed by atoms with Crippen LogP contribution in [0.1, 0.15) is 143 Å². The number of aromatic nitrogens is 3. The quantitative estimate of drug-likeness (QED) is 0.152. The third kappa shape index (κ3) is 5.82. The lowest BCUT2D eigenvalue weighted by atomic mass is 9.32. The number of aliphatic hydroxyl groups excluding tert-OH is 1. The van der Waals surface area contributed by atoms with Crippen LogP contribution in [0.15, 0.2) is 53.4 Å². The number of carbonyl (C=O) groups excluding carboxylic acids is 3. The van der Waals surface area contributed by atoms with Crippen LogP contribution in [-0.2, 0) is 16.0 Å². The molecule has 0 amide bonds. The van der Waals surface area contributed by atoms with Crippen molar-refractivity contribution in [2.45, 2.75) is 125 Å². The van der Waals surface area contributed by atoms with Crippen molar-refractivity contribution in [2.75, 3.05) is 13.2 Å². The van der Waals surface area contributed by atoms with E-state index in [2.05, 4.69) is 58.4 Å². The molecule has 6 aliphatic carbocycles. The molecular formula is C46H60ClN3O6. The number of hydrogen-bond donors (Lipinski definition) is 1. The zero-order valence-corrected chi connectivity index (χ0v) is 34.9. The number of carbonyl (C=O) groups is 3. The minimum Gasteiger partial charge on any atom is -0.488 e. The van der Waals surface area contributed by atoms with Crippen molar-refractivity contribution in [3.8, 4) is 0 Å². The predicted octanol–water partition coefficient (Wildman–Crippen LogP) is 9.39. The van der Waals surface area contributed by atoms with E-state index in [-0.39, 0.29) is 67.4 Å². The predicted molar refractivity (Wildman–Crippen MR) is 214 cm³/mol. The number of benzene rings is 1. The number of rotatable bonds is 9. The second-order valence-electron chi connectivity index (χ2n) is 19.9. The van der Waals surface area contributed by atoms with Crippen LogP contribution in [-0.4, -0.2) is 57.0 Å². The second-order valence-corrected chi connectivity index (χ2v) is 20.3. The molecule has 5 fully saturated rings. The first-order valence-electron chi connectivity index (χ1n) is 21.1. The van der Waals surface area contributed by atoms with Crippen molar-refractivity contribution < 1.29 is 29.0 Å². The second kappa shape index (κ2) is 13.9. The summed E-state index contributed by atoms with van der Waals surface area (Å²) in [4.78, 5) is 39.2. The number of halogens is 1. The normalized spacial score (nSPS) is 38.5. The molecule has 1 N–H and O–H groups in total. The summed E-state index contributed by atoms with van der Waals surface area (Å²) in [5.41, 5.74) is 2.45. The van der Waals surface area contributed by atoms with Crippen LogP contribution in [0.4, 0.5) is 0 Å². The van der Waals surface area contributed by atoms with Crippen LogP contribution in [0.5, 0.6) is 0 Å². The van der Waals surface area contributed by atoms with Crippen LogP contribution >= 0.6 is 11.6 Å². The average Bonchev–Trinajstić information content (AvgIpc) is 3.80. The van der Waals surface area contributed by atoms with Gasteiger partial charge in [0.2, 0.25) is 11.6 Å². The summed E-state index contributed by atoms with van der Waals surface area (Å²) < 4.78 is 13.5. The molecule has 1 aromatic carbocycles. The number of nitrogens with zero attached hydrogens (tertiary/aromatic N) is 3. The topological polar surface area (TPSA) is 121 Å². The average molecular weight is 786 g/mol. The van der Waals surface area contributed by atoms with Gasteiger partial charge in [-0.25, -0.2) is 4.79 Å². The Labute approximate surface area is 337 Å². The summed E-state index contributed by atoms with van der Waals surface area (Å²) in [5, 5.41) is 19.2. The lowest BCUT2D eigenvalue weighted by Gasteiger charge is -2.73. The van der Waals surface area contributed by atoms with E-state index in [1.807, 2.05) is 0 Å². The fraction of sp³-hybridized carbons (Fsp3) is 0.674. The summed E-state index contributed by atoms with van der Waals surface area (Å²) in [6.07, 6.45) is 13.0. The van der Waals surface area contributed by atoms with Gasteiger partial charge in [-0.2, -0.15) is 0 Å². The van der Waals surface area contributed by atoms with Crippen molar-refractivity contribution in [3.63, 3.8) is 0 Å². The van der Waals surface area contributed by atoms with E-state index in [9.17, 15) is 19.5 Å². The Morgan fingerprint density at radius 1 is 0.929 bits per heavy atom. The van der Waals surface area contributed by atoms with E-state index in [4.69, 9.17) is 21.1 Å². The van der Waals surface area contributed by atoms with E-state index in [1.54, 1.807) is 35.1 Å². The Balaban J connectivity index is 0.926. The van der Waals surface area contributed by atoms with Gasteiger partial charge in [-0.3, -0.25) is 14.3 Å².